The number of nitrogens with zero attached hydrogens (tertiary/aromatic N) is 3. The smallest absolute Gasteiger partial charge is 0.113 e. The normalized spacial score (nSPS) is 17.1. The first-order valence-corrected chi connectivity index (χ1v) is 19.5. The first-order valence-electron chi connectivity index (χ1n) is 19.5. The minimum absolute atomic E-state index is 0.145. The molecule has 3 heteroatoms. The summed E-state index contributed by atoms with van der Waals surface area (Å²) in [6.07, 6.45) is 2.58. The van der Waals surface area contributed by atoms with Crippen LogP contribution in [0.25, 0.3) is 56.2 Å². The Hall–Kier alpha value is -7.19. The molecule has 8 aromatic rings. The maximum absolute atomic E-state index is 5.28. The lowest BCUT2D eigenvalue weighted by atomic mass is 9.83. The zero-order chi connectivity index (χ0) is 36.9. The quantitative estimate of drug-likeness (QED) is 0.167. The molecule has 4 aliphatic rings. The van der Waals surface area contributed by atoms with E-state index >= 15 is 0 Å². The molecular weight excluding hydrogens is 679 g/mol. The van der Waals surface area contributed by atoms with Crippen LogP contribution in [0.5, 0.6) is 0 Å². The number of hydrogen-bond donors (Lipinski definition) is 0. The second-order valence-electron chi connectivity index (χ2n) is 15.2. The molecule has 0 fully saturated rings. The van der Waals surface area contributed by atoms with E-state index in [1.54, 1.807) is 0 Å². The summed E-state index contributed by atoms with van der Waals surface area (Å²) in [5.74, 6) is 0.145. The van der Waals surface area contributed by atoms with Crippen LogP contribution in [0.3, 0.4) is 0 Å². The summed E-state index contributed by atoms with van der Waals surface area (Å²) in [6.45, 7) is 2.20. The van der Waals surface area contributed by atoms with Crippen LogP contribution in [0.1, 0.15) is 29.5 Å². The van der Waals surface area contributed by atoms with Gasteiger partial charge in [-0.2, -0.15) is 0 Å². The van der Waals surface area contributed by atoms with Crippen LogP contribution in [0.2, 0.25) is 0 Å². The third-order valence-corrected chi connectivity index (χ3v) is 12.2. The molecular formula is C53H35N3. The van der Waals surface area contributed by atoms with E-state index in [-0.39, 0.29) is 12.0 Å². The summed E-state index contributed by atoms with van der Waals surface area (Å²) < 4.78 is 2.54. The lowest BCUT2D eigenvalue weighted by Crippen LogP contribution is -2.42. The zero-order valence-electron chi connectivity index (χ0n) is 30.8. The van der Waals surface area contributed by atoms with Crippen LogP contribution >= 0.6 is 0 Å². The molecule has 3 nitrogen and oxygen atoms in total. The van der Waals surface area contributed by atoms with Gasteiger partial charge in [-0.15, -0.1) is 0 Å². The topological polar surface area (TPSA) is 20.5 Å². The summed E-state index contributed by atoms with van der Waals surface area (Å²) in [4.78, 5) is 7.90. The van der Waals surface area contributed by atoms with E-state index < -0.39 is 0 Å². The fourth-order valence-electron chi connectivity index (χ4n) is 9.81. The molecule has 0 bridgehead atoms. The Morgan fingerprint density at radius 2 is 1.21 bits per heavy atom. The van der Waals surface area contributed by atoms with E-state index in [1.807, 2.05) is 0 Å². The van der Waals surface area contributed by atoms with Crippen LogP contribution in [0.15, 0.2) is 192 Å². The predicted octanol–water partition coefficient (Wildman–Crippen LogP) is 9.46. The van der Waals surface area contributed by atoms with Crippen molar-refractivity contribution in [3.63, 3.8) is 0 Å². The third kappa shape index (κ3) is 4.44. The van der Waals surface area contributed by atoms with Crippen LogP contribution in [-0.4, -0.2) is 10.6 Å². The SMILES string of the molecule is CC1=C=C(c2ccccc2)N=c2ccccc2=C1n1c2c(c3cc(-c4ccccc4)ccc31)=C1c3ccccc3N3c4ccc(-c5ccccc5)cc4C(C=2)C13. The Morgan fingerprint density at radius 1 is 0.571 bits per heavy atom. The molecule has 12 rings (SSSR count). The number of anilines is 2. The molecule has 0 radical (unpaired) electrons. The number of para-hydroxylation sites is 2. The van der Waals surface area contributed by atoms with Crippen molar-refractivity contribution >= 4 is 45.3 Å². The van der Waals surface area contributed by atoms with Crippen molar-refractivity contribution in [1.82, 2.24) is 4.57 Å². The summed E-state index contributed by atoms with van der Waals surface area (Å²) >= 11 is 0. The molecule has 262 valence electrons. The summed E-state index contributed by atoms with van der Waals surface area (Å²) in [5.41, 5.74) is 20.6. The fourth-order valence-corrected chi connectivity index (χ4v) is 9.81. The van der Waals surface area contributed by atoms with E-state index in [9.17, 15) is 0 Å². The minimum atomic E-state index is 0.145. The molecule has 0 saturated carbocycles. The van der Waals surface area contributed by atoms with Gasteiger partial charge in [0.1, 0.15) is 5.70 Å². The van der Waals surface area contributed by atoms with Crippen molar-refractivity contribution in [2.75, 3.05) is 4.90 Å². The molecule has 1 aliphatic carbocycles. The monoisotopic (exact) mass is 713 g/mol. The zero-order valence-corrected chi connectivity index (χ0v) is 30.8. The highest BCUT2D eigenvalue weighted by molar-refractivity contribution is 6.03. The van der Waals surface area contributed by atoms with Gasteiger partial charge in [-0.05, 0) is 82.8 Å². The molecule has 0 saturated heterocycles. The molecule has 0 N–H and O–H groups in total. The lowest BCUT2D eigenvalue weighted by Gasteiger charge is -2.25. The number of hydrogen-bond acceptors (Lipinski definition) is 2. The predicted molar refractivity (Wildman–Crippen MR) is 229 cm³/mol. The van der Waals surface area contributed by atoms with Crippen LogP contribution < -0.4 is 26.0 Å². The van der Waals surface area contributed by atoms with Crippen molar-refractivity contribution in [1.29, 1.82) is 0 Å². The molecule has 0 spiro atoms. The maximum Gasteiger partial charge on any atom is 0.113 e. The first-order chi connectivity index (χ1) is 27.7. The Labute approximate surface area is 324 Å². The third-order valence-electron chi connectivity index (χ3n) is 12.2. The molecule has 2 atom stereocenters. The van der Waals surface area contributed by atoms with Gasteiger partial charge >= 0.3 is 0 Å². The van der Waals surface area contributed by atoms with Crippen molar-refractivity contribution in [3.8, 4) is 22.3 Å². The molecule has 0 amide bonds. The van der Waals surface area contributed by atoms with Crippen molar-refractivity contribution in [2.45, 2.75) is 18.9 Å². The van der Waals surface area contributed by atoms with E-state index in [4.69, 9.17) is 4.99 Å². The van der Waals surface area contributed by atoms with E-state index in [1.165, 1.54) is 71.8 Å². The number of aromatic nitrogens is 1. The van der Waals surface area contributed by atoms with Gasteiger partial charge in [-0.3, -0.25) is 0 Å². The summed E-state index contributed by atoms with van der Waals surface area (Å²) in [7, 11) is 0. The Bertz CT molecular complexity index is 3290. The van der Waals surface area contributed by atoms with E-state index in [0.29, 0.717) is 0 Å². The van der Waals surface area contributed by atoms with Gasteiger partial charge in [0.15, 0.2) is 0 Å². The van der Waals surface area contributed by atoms with Crippen LogP contribution in [0, 0.1) is 0 Å². The molecule has 4 heterocycles. The largest absolute Gasteiger partial charge is 0.332 e. The standard InChI is InChI=1S/C53H35N3/c1-33-29-45(36-19-9-4-10-20-36)54-44-23-13-11-21-39(44)52(33)56-48-28-26-38(35-17-7-3-8-18-35)31-43(48)50-49(56)32-42-41-30-37(34-15-5-2-6-16-34)25-27-47(41)55-46-24-14-12-22-40(46)51(50)53(42)55/h2-28,30-32,42,53H,1H3. The minimum Gasteiger partial charge on any atom is -0.332 e. The van der Waals surface area contributed by atoms with Gasteiger partial charge in [0.05, 0.1) is 28.0 Å². The van der Waals surface area contributed by atoms with Gasteiger partial charge in [0, 0.05) is 49.8 Å². The highest BCUT2D eigenvalue weighted by atomic mass is 15.2. The van der Waals surface area contributed by atoms with E-state index in [2.05, 4.69) is 204 Å². The van der Waals surface area contributed by atoms with Gasteiger partial charge < -0.3 is 9.47 Å². The second-order valence-corrected chi connectivity index (χ2v) is 15.2. The Kier molecular flexibility index (Phi) is 6.63. The van der Waals surface area contributed by atoms with Crippen molar-refractivity contribution in [3.05, 3.63) is 225 Å². The van der Waals surface area contributed by atoms with Gasteiger partial charge in [0.2, 0.25) is 0 Å². The van der Waals surface area contributed by atoms with Gasteiger partial charge in [-0.25, -0.2) is 4.99 Å². The van der Waals surface area contributed by atoms with Gasteiger partial charge in [0.25, 0.3) is 0 Å². The Morgan fingerprint density at radius 3 is 1.98 bits per heavy atom. The average Bonchev–Trinajstić information content (AvgIpc) is 3.85. The highest BCUT2D eigenvalue weighted by Crippen LogP contribution is 2.57. The number of fused-ring (bicyclic) bond motifs is 10. The van der Waals surface area contributed by atoms with Crippen LogP contribution in [-0.2, 0) is 0 Å². The number of allylic oxidation sites excluding steroid dienone is 1. The lowest BCUT2D eigenvalue weighted by molar-refractivity contribution is 0.799. The van der Waals surface area contributed by atoms with Crippen molar-refractivity contribution in [2.24, 2.45) is 4.99 Å². The summed E-state index contributed by atoms with van der Waals surface area (Å²) in [5, 5.41) is 5.85. The molecule has 3 aliphatic heterocycles. The number of rotatable bonds is 4. The highest BCUT2D eigenvalue weighted by Gasteiger charge is 2.48. The fraction of sp³-hybridized carbons (Fsp3) is 0.0566. The van der Waals surface area contributed by atoms with E-state index in [0.717, 1.165) is 33.1 Å². The summed E-state index contributed by atoms with van der Waals surface area (Å²) in [6, 6.07) is 64.0. The maximum atomic E-state index is 5.28. The average molecular weight is 714 g/mol. The number of benzene rings is 7. The second kappa shape index (κ2) is 11.9. The molecule has 56 heavy (non-hydrogen) atoms. The molecule has 2 unspecified atom stereocenters. The molecule has 7 aromatic carbocycles. The molecule has 1 aromatic heterocycles. The van der Waals surface area contributed by atoms with Crippen molar-refractivity contribution < 1.29 is 0 Å². The van der Waals surface area contributed by atoms with Gasteiger partial charge in [-0.1, -0.05) is 145 Å². The first kappa shape index (κ1) is 31.2. The Balaban J connectivity index is 1.24. The van der Waals surface area contributed by atoms with Crippen LogP contribution in [0.4, 0.5) is 11.4 Å².